The van der Waals surface area contributed by atoms with Crippen molar-refractivity contribution in [2.45, 2.75) is 11.5 Å². The summed E-state index contributed by atoms with van der Waals surface area (Å²) in [5, 5.41) is 11.6. The molecule has 0 unspecified atom stereocenters. The van der Waals surface area contributed by atoms with Crippen LogP contribution in [0.25, 0.3) is 10.8 Å². The van der Waals surface area contributed by atoms with Gasteiger partial charge in [-0.2, -0.15) is 0 Å². The zero-order valence-electron chi connectivity index (χ0n) is 12.6. The van der Waals surface area contributed by atoms with Gasteiger partial charge in [-0.1, -0.05) is 36.4 Å². The van der Waals surface area contributed by atoms with Gasteiger partial charge in [0.05, 0.1) is 11.5 Å². The molecule has 1 heterocycles. The monoisotopic (exact) mass is 339 g/mol. The largest absolute Gasteiger partial charge is 0.491 e. The second-order valence-electron chi connectivity index (χ2n) is 5.69. The smallest absolute Gasteiger partial charge is 0.423 e. The van der Waals surface area contributed by atoms with E-state index in [9.17, 15) is 13.4 Å². The van der Waals surface area contributed by atoms with Crippen molar-refractivity contribution in [3.05, 3.63) is 66.2 Å². The van der Waals surface area contributed by atoms with E-state index in [0.29, 0.717) is 17.8 Å². The lowest BCUT2D eigenvalue weighted by atomic mass is 9.79. The molecule has 0 amide bonds. The molecule has 0 aromatic heterocycles. The molecule has 2 N–H and O–H groups in total. The van der Waals surface area contributed by atoms with E-state index in [4.69, 9.17) is 4.65 Å². The van der Waals surface area contributed by atoms with Crippen molar-refractivity contribution in [2.75, 3.05) is 4.72 Å². The SMILES string of the molecule is O=S(=O)(Nc1ccc2c(c1)B(O)OC2)c1ccc2ccccc2c1. The van der Waals surface area contributed by atoms with Gasteiger partial charge in [0.15, 0.2) is 0 Å². The van der Waals surface area contributed by atoms with Gasteiger partial charge in [0.25, 0.3) is 10.0 Å². The molecule has 0 radical (unpaired) electrons. The second kappa shape index (κ2) is 5.63. The first-order valence-electron chi connectivity index (χ1n) is 7.47. The normalized spacial score (nSPS) is 14.0. The molecular weight excluding hydrogens is 325 g/mol. The molecule has 0 saturated carbocycles. The number of rotatable bonds is 3. The van der Waals surface area contributed by atoms with Gasteiger partial charge in [-0.25, -0.2) is 8.42 Å². The molecule has 0 saturated heterocycles. The highest BCUT2D eigenvalue weighted by atomic mass is 32.2. The number of hydrogen-bond acceptors (Lipinski definition) is 4. The van der Waals surface area contributed by atoms with Crippen molar-refractivity contribution in [3.8, 4) is 0 Å². The lowest BCUT2D eigenvalue weighted by Gasteiger charge is -2.10. The van der Waals surface area contributed by atoms with Gasteiger partial charge in [0.2, 0.25) is 0 Å². The first kappa shape index (κ1) is 15.2. The van der Waals surface area contributed by atoms with Crippen LogP contribution in [0.3, 0.4) is 0 Å². The third-order valence-corrected chi connectivity index (χ3v) is 5.47. The Morgan fingerprint density at radius 1 is 1.00 bits per heavy atom. The zero-order chi connectivity index (χ0) is 16.7. The van der Waals surface area contributed by atoms with Gasteiger partial charge >= 0.3 is 7.12 Å². The Morgan fingerprint density at radius 2 is 1.79 bits per heavy atom. The minimum absolute atomic E-state index is 0.193. The van der Waals surface area contributed by atoms with Gasteiger partial charge in [0.1, 0.15) is 0 Å². The van der Waals surface area contributed by atoms with Gasteiger partial charge in [-0.05, 0) is 46.1 Å². The van der Waals surface area contributed by atoms with Crippen LogP contribution in [-0.4, -0.2) is 20.6 Å². The van der Waals surface area contributed by atoms with Crippen LogP contribution in [-0.2, 0) is 21.3 Å². The molecule has 0 atom stereocenters. The molecular formula is C17H14BNO4S. The number of benzene rings is 3. The number of nitrogens with one attached hydrogen (secondary N) is 1. The number of sulfonamides is 1. The van der Waals surface area contributed by atoms with Crippen molar-refractivity contribution in [3.63, 3.8) is 0 Å². The standard InChI is InChI=1S/C17H14BNO4S/c20-18-17-10-15(7-5-14(17)11-23-18)19-24(21,22)16-8-6-12-3-1-2-4-13(12)9-16/h1-10,19-20H,11H2. The third kappa shape index (κ3) is 2.67. The summed E-state index contributed by atoms with van der Waals surface area (Å²) in [7, 11) is -4.72. The maximum atomic E-state index is 12.6. The van der Waals surface area contributed by atoms with E-state index in [-0.39, 0.29) is 4.90 Å². The number of anilines is 1. The van der Waals surface area contributed by atoms with E-state index < -0.39 is 17.1 Å². The van der Waals surface area contributed by atoms with Crippen LogP contribution < -0.4 is 10.2 Å². The lowest BCUT2D eigenvalue weighted by molar-refractivity contribution is 0.275. The predicted molar refractivity (Wildman–Crippen MR) is 93.6 cm³/mol. The molecule has 3 aromatic carbocycles. The van der Waals surface area contributed by atoms with Gasteiger partial charge in [0, 0.05) is 5.69 Å². The fourth-order valence-corrected chi connectivity index (χ4v) is 3.91. The Balaban J connectivity index is 1.68. The first-order valence-corrected chi connectivity index (χ1v) is 8.95. The molecule has 4 rings (SSSR count). The van der Waals surface area contributed by atoms with Crippen LogP contribution in [0.4, 0.5) is 5.69 Å². The van der Waals surface area contributed by atoms with Crippen molar-refractivity contribution in [1.29, 1.82) is 0 Å². The van der Waals surface area contributed by atoms with E-state index in [1.807, 2.05) is 24.3 Å². The Hall–Kier alpha value is -2.35. The van der Waals surface area contributed by atoms with Crippen molar-refractivity contribution < 1.29 is 18.1 Å². The predicted octanol–water partition coefficient (Wildman–Crippen LogP) is 1.86. The Labute approximate surface area is 140 Å². The van der Waals surface area contributed by atoms with Crippen molar-refractivity contribution in [1.82, 2.24) is 0 Å². The maximum Gasteiger partial charge on any atom is 0.491 e. The molecule has 5 nitrogen and oxygen atoms in total. The fraction of sp³-hybridized carbons (Fsp3) is 0.0588. The van der Waals surface area contributed by atoms with E-state index in [1.54, 1.807) is 36.4 Å². The van der Waals surface area contributed by atoms with Crippen LogP contribution in [0.1, 0.15) is 5.56 Å². The van der Waals surface area contributed by atoms with Crippen LogP contribution in [0.2, 0.25) is 0 Å². The molecule has 0 spiro atoms. The van der Waals surface area contributed by atoms with Gasteiger partial charge in [-0.15, -0.1) is 0 Å². The molecule has 1 aliphatic rings. The molecule has 7 heteroatoms. The van der Waals surface area contributed by atoms with Gasteiger partial charge < -0.3 is 9.68 Å². The molecule has 120 valence electrons. The maximum absolute atomic E-state index is 12.6. The summed E-state index contributed by atoms with van der Waals surface area (Å²) in [6.07, 6.45) is 0. The van der Waals surface area contributed by atoms with E-state index in [1.165, 1.54) is 0 Å². The third-order valence-electron chi connectivity index (χ3n) is 4.09. The van der Waals surface area contributed by atoms with Crippen LogP contribution >= 0.6 is 0 Å². The minimum Gasteiger partial charge on any atom is -0.423 e. The zero-order valence-corrected chi connectivity index (χ0v) is 13.5. The molecule has 24 heavy (non-hydrogen) atoms. The van der Waals surface area contributed by atoms with Crippen molar-refractivity contribution in [2.24, 2.45) is 0 Å². The van der Waals surface area contributed by atoms with E-state index in [2.05, 4.69) is 4.72 Å². The van der Waals surface area contributed by atoms with Gasteiger partial charge in [-0.3, -0.25) is 4.72 Å². The average Bonchev–Trinajstić information content (AvgIpc) is 2.95. The number of hydrogen-bond donors (Lipinski definition) is 2. The summed E-state index contributed by atoms with van der Waals surface area (Å²) < 4.78 is 32.9. The quantitative estimate of drug-likeness (QED) is 0.714. The molecule has 0 aliphatic carbocycles. The summed E-state index contributed by atoms with van der Waals surface area (Å²) in [6, 6.07) is 17.6. The summed E-state index contributed by atoms with van der Waals surface area (Å²) in [4.78, 5) is 0.193. The summed E-state index contributed by atoms with van der Waals surface area (Å²) in [5.41, 5.74) is 1.84. The fourth-order valence-electron chi connectivity index (χ4n) is 2.83. The molecule has 1 aliphatic heterocycles. The summed E-state index contributed by atoms with van der Waals surface area (Å²) in [5.74, 6) is 0. The average molecular weight is 339 g/mol. The molecule has 3 aromatic rings. The minimum atomic E-state index is -3.71. The highest BCUT2D eigenvalue weighted by Crippen LogP contribution is 2.22. The summed E-state index contributed by atoms with van der Waals surface area (Å²) >= 11 is 0. The van der Waals surface area contributed by atoms with Crippen molar-refractivity contribution >= 4 is 39.1 Å². The first-order chi connectivity index (χ1) is 11.5. The van der Waals surface area contributed by atoms with Crippen LogP contribution in [0.15, 0.2) is 65.6 Å². The lowest BCUT2D eigenvalue weighted by Crippen LogP contribution is -2.28. The Kier molecular flexibility index (Phi) is 3.56. The topological polar surface area (TPSA) is 75.6 Å². The Morgan fingerprint density at radius 3 is 2.62 bits per heavy atom. The van der Waals surface area contributed by atoms with E-state index in [0.717, 1.165) is 16.3 Å². The van der Waals surface area contributed by atoms with Crippen LogP contribution in [0.5, 0.6) is 0 Å². The van der Waals surface area contributed by atoms with E-state index >= 15 is 0 Å². The summed E-state index contributed by atoms with van der Waals surface area (Å²) in [6.45, 7) is 0.328. The van der Waals surface area contributed by atoms with Crippen LogP contribution in [0, 0.1) is 0 Å². The Bertz CT molecular complexity index is 1040. The molecule has 0 fully saturated rings. The highest BCUT2D eigenvalue weighted by Gasteiger charge is 2.27. The molecule has 0 bridgehead atoms. The second-order valence-corrected chi connectivity index (χ2v) is 7.37. The number of fused-ring (bicyclic) bond motifs is 2. The highest BCUT2D eigenvalue weighted by molar-refractivity contribution is 7.92.